The van der Waals surface area contributed by atoms with Crippen LogP contribution in [0.2, 0.25) is 0 Å². The van der Waals surface area contributed by atoms with E-state index in [1.807, 2.05) is 12.3 Å². The highest BCUT2D eigenvalue weighted by molar-refractivity contribution is 5.85. The number of hydrogen-bond acceptors (Lipinski definition) is 3. The largest absolute Gasteiger partial charge is 0.295 e. The van der Waals surface area contributed by atoms with Crippen molar-refractivity contribution in [2.45, 2.75) is 44.6 Å². The van der Waals surface area contributed by atoms with Gasteiger partial charge in [-0.2, -0.15) is 5.26 Å². The molecule has 1 aliphatic rings. The maximum atomic E-state index is 13.8. The molecule has 1 fully saturated rings. The van der Waals surface area contributed by atoms with E-state index in [9.17, 15) is 9.18 Å². The number of hydrogen-bond donors (Lipinski definition) is 1. The second kappa shape index (κ2) is 8.76. The smallest absolute Gasteiger partial charge is 0.274 e. The van der Waals surface area contributed by atoms with Crippen LogP contribution >= 0.6 is 12.4 Å². The Labute approximate surface area is 191 Å². The minimum atomic E-state index is -0.234. The Morgan fingerprint density at radius 3 is 2.66 bits per heavy atom. The van der Waals surface area contributed by atoms with Crippen LogP contribution in [0.25, 0.3) is 21.8 Å². The monoisotopic (exact) mass is 450 g/mol. The van der Waals surface area contributed by atoms with Crippen LogP contribution in [-0.2, 0) is 0 Å². The second-order valence-electron chi connectivity index (χ2n) is 8.57. The highest BCUT2D eigenvalue weighted by Crippen LogP contribution is 2.41. The van der Waals surface area contributed by atoms with Crippen molar-refractivity contribution in [1.29, 1.82) is 5.26 Å². The summed E-state index contributed by atoms with van der Waals surface area (Å²) < 4.78 is 15.5. The highest BCUT2D eigenvalue weighted by Gasteiger charge is 2.29. The topological polar surface area (TPSA) is 74.5 Å². The predicted octanol–water partition coefficient (Wildman–Crippen LogP) is 5.85. The number of fused-ring (bicyclic) bond motifs is 2. The molecule has 5 rings (SSSR count). The molecule has 2 aromatic heterocycles. The van der Waals surface area contributed by atoms with Gasteiger partial charge < -0.3 is 0 Å². The fraction of sp³-hybridized carbons (Fsp3) is 0.320. The van der Waals surface area contributed by atoms with Crippen LogP contribution in [0.15, 0.2) is 53.5 Å². The lowest BCUT2D eigenvalue weighted by atomic mass is 9.75. The summed E-state index contributed by atoms with van der Waals surface area (Å²) in [5.41, 5.74) is 3.18. The molecule has 0 aliphatic heterocycles. The van der Waals surface area contributed by atoms with Crippen molar-refractivity contribution in [3.05, 3.63) is 76.0 Å². The average molecular weight is 451 g/mol. The Morgan fingerprint density at radius 2 is 1.91 bits per heavy atom. The van der Waals surface area contributed by atoms with Gasteiger partial charge in [0.2, 0.25) is 0 Å². The van der Waals surface area contributed by atoms with Gasteiger partial charge >= 0.3 is 0 Å². The second-order valence-corrected chi connectivity index (χ2v) is 8.57. The van der Waals surface area contributed by atoms with E-state index in [-0.39, 0.29) is 29.8 Å². The Bertz CT molecular complexity index is 1380. The molecule has 0 bridgehead atoms. The first-order valence-corrected chi connectivity index (χ1v) is 10.7. The molecule has 0 unspecified atom stereocenters. The van der Waals surface area contributed by atoms with Crippen molar-refractivity contribution in [2.75, 3.05) is 0 Å². The molecule has 1 saturated carbocycles. The van der Waals surface area contributed by atoms with Gasteiger partial charge in [-0.15, -0.1) is 12.4 Å². The summed E-state index contributed by atoms with van der Waals surface area (Å²) in [7, 11) is 0. The van der Waals surface area contributed by atoms with Crippen LogP contribution in [0.1, 0.15) is 55.7 Å². The van der Waals surface area contributed by atoms with Crippen molar-refractivity contribution in [3.8, 4) is 6.07 Å². The normalized spacial score (nSPS) is 19.4. The van der Waals surface area contributed by atoms with Crippen LogP contribution in [0.5, 0.6) is 0 Å². The van der Waals surface area contributed by atoms with Gasteiger partial charge in [-0.1, -0.05) is 0 Å². The van der Waals surface area contributed by atoms with E-state index < -0.39 is 0 Å². The molecule has 0 spiro atoms. The lowest BCUT2D eigenvalue weighted by Gasteiger charge is -2.33. The molecule has 164 valence electrons. The minimum Gasteiger partial charge on any atom is -0.295 e. The summed E-state index contributed by atoms with van der Waals surface area (Å²) >= 11 is 0. The van der Waals surface area contributed by atoms with E-state index in [0.717, 1.165) is 42.1 Å². The number of halogens is 2. The number of aromatic amines is 1. The Hall–Kier alpha value is -3.17. The van der Waals surface area contributed by atoms with Crippen molar-refractivity contribution in [3.63, 3.8) is 0 Å². The maximum Gasteiger partial charge on any atom is 0.274 e. The summed E-state index contributed by atoms with van der Waals surface area (Å²) in [6.45, 7) is 2.09. The zero-order chi connectivity index (χ0) is 21.5. The van der Waals surface area contributed by atoms with Gasteiger partial charge in [-0.25, -0.2) is 9.07 Å². The van der Waals surface area contributed by atoms with E-state index in [1.165, 1.54) is 11.6 Å². The third kappa shape index (κ3) is 3.78. The molecule has 5 nitrogen and oxygen atoms in total. The van der Waals surface area contributed by atoms with Crippen molar-refractivity contribution in [1.82, 2.24) is 14.8 Å². The van der Waals surface area contributed by atoms with E-state index in [0.29, 0.717) is 22.8 Å². The standard InChI is InChI=1S/C25H23FN4O.ClH/c1-15(30-25(31)22-12-16(14-27)2-8-24(22)29-30)17-3-5-18(6-4-17)20-10-11-28-23-9-7-19(26)13-21(20)23;/h2,7-13,15,17-18,29H,3-6H2,1H3;1H/t15-,17?,18?;/m1./s1. The van der Waals surface area contributed by atoms with E-state index in [1.54, 1.807) is 35.0 Å². The van der Waals surface area contributed by atoms with Gasteiger partial charge in [0.25, 0.3) is 5.56 Å². The zero-order valence-corrected chi connectivity index (χ0v) is 18.5. The van der Waals surface area contributed by atoms with Gasteiger partial charge in [-0.05, 0) is 92.5 Å². The summed E-state index contributed by atoms with van der Waals surface area (Å²) in [5, 5.41) is 13.8. The third-order valence-corrected chi connectivity index (χ3v) is 6.88. The average Bonchev–Trinajstić information content (AvgIpc) is 3.14. The van der Waals surface area contributed by atoms with E-state index in [2.05, 4.69) is 23.1 Å². The van der Waals surface area contributed by atoms with Crippen molar-refractivity contribution < 1.29 is 4.39 Å². The lowest BCUT2D eigenvalue weighted by molar-refractivity contribution is 0.233. The molecule has 32 heavy (non-hydrogen) atoms. The summed E-state index contributed by atoms with van der Waals surface area (Å²) in [6.07, 6.45) is 5.80. The Balaban J connectivity index is 0.00000245. The van der Waals surface area contributed by atoms with Gasteiger partial charge in [0.05, 0.1) is 34.1 Å². The molecule has 4 aromatic rings. The Morgan fingerprint density at radius 1 is 1.12 bits per heavy atom. The van der Waals surface area contributed by atoms with E-state index in [4.69, 9.17) is 5.26 Å². The Kier molecular flexibility index (Phi) is 6.03. The lowest BCUT2D eigenvalue weighted by Crippen LogP contribution is -2.28. The van der Waals surface area contributed by atoms with Crippen molar-refractivity contribution >= 4 is 34.2 Å². The number of nitrogens with zero attached hydrogens (tertiary/aromatic N) is 3. The molecular formula is C25H24ClFN4O. The number of nitrogens with one attached hydrogen (secondary N) is 1. The fourth-order valence-electron chi connectivity index (χ4n) is 5.10. The van der Waals surface area contributed by atoms with Crippen molar-refractivity contribution in [2.24, 2.45) is 5.92 Å². The number of rotatable bonds is 3. The maximum absolute atomic E-state index is 13.8. The molecule has 1 aliphatic carbocycles. The minimum absolute atomic E-state index is 0. The molecule has 1 N–H and O–H groups in total. The quantitative estimate of drug-likeness (QED) is 0.425. The third-order valence-electron chi connectivity index (χ3n) is 6.88. The molecule has 0 saturated heterocycles. The first kappa shape index (κ1) is 22.0. The molecule has 2 heterocycles. The van der Waals surface area contributed by atoms with Crippen LogP contribution in [0.4, 0.5) is 4.39 Å². The molecule has 1 atom stereocenters. The first-order chi connectivity index (χ1) is 15.0. The number of H-pyrrole nitrogens is 1. The summed E-state index contributed by atoms with van der Waals surface area (Å²) in [6, 6.07) is 14.1. The molecule has 2 aromatic carbocycles. The first-order valence-electron chi connectivity index (χ1n) is 10.7. The fourth-order valence-corrected chi connectivity index (χ4v) is 5.10. The van der Waals surface area contributed by atoms with Crippen LogP contribution in [0.3, 0.4) is 0 Å². The van der Waals surface area contributed by atoms with Crippen LogP contribution < -0.4 is 5.56 Å². The van der Waals surface area contributed by atoms with E-state index >= 15 is 0 Å². The zero-order valence-electron chi connectivity index (χ0n) is 17.7. The number of nitriles is 1. The van der Waals surface area contributed by atoms with Crippen LogP contribution in [-0.4, -0.2) is 14.8 Å². The predicted molar refractivity (Wildman–Crippen MR) is 126 cm³/mol. The van der Waals surface area contributed by atoms with Gasteiger partial charge in [0, 0.05) is 11.6 Å². The molecule has 0 radical (unpaired) electrons. The molecular weight excluding hydrogens is 427 g/mol. The number of pyridine rings is 1. The SMILES string of the molecule is C[C@H](C1CCC(c2ccnc3ccc(F)cc23)CC1)n1[nH]c2ccc(C#N)cc2c1=O.Cl. The van der Waals surface area contributed by atoms with Gasteiger partial charge in [0.1, 0.15) is 5.82 Å². The van der Waals surface area contributed by atoms with Gasteiger partial charge in [0.15, 0.2) is 0 Å². The highest BCUT2D eigenvalue weighted by atomic mass is 35.5. The molecule has 0 amide bonds. The summed E-state index contributed by atoms with van der Waals surface area (Å²) in [4.78, 5) is 17.3. The van der Waals surface area contributed by atoms with Crippen LogP contribution in [0, 0.1) is 23.1 Å². The van der Waals surface area contributed by atoms with Gasteiger partial charge in [-0.3, -0.25) is 14.9 Å². The number of aromatic nitrogens is 3. The molecule has 7 heteroatoms. The summed E-state index contributed by atoms with van der Waals surface area (Å²) in [5.74, 6) is 0.512. The number of benzene rings is 2.